The van der Waals surface area contributed by atoms with Crippen LogP contribution in [0.4, 0.5) is 5.69 Å². The fraction of sp³-hybridized carbons (Fsp3) is 0.192. The summed E-state index contributed by atoms with van der Waals surface area (Å²) in [5.74, 6) is 0.154. The van der Waals surface area contributed by atoms with Crippen LogP contribution in [-0.4, -0.2) is 24.4 Å². The number of rotatable bonds is 3. The zero-order chi connectivity index (χ0) is 20.1. The van der Waals surface area contributed by atoms with Gasteiger partial charge in [0.1, 0.15) is 0 Å². The van der Waals surface area contributed by atoms with Gasteiger partial charge in [0.2, 0.25) is 0 Å². The van der Waals surface area contributed by atoms with Crippen molar-refractivity contribution in [2.45, 2.75) is 19.9 Å². The molecule has 1 aliphatic rings. The Morgan fingerprint density at radius 1 is 0.966 bits per heavy atom. The molecule has 29 heavy (non-hydrogen) atoms. The van der Waals surface area contributed by atoms with Crippen LogP contribution in [0.1, 0.15) is 28.4 Å². The lowest BCUT2D eigenvalue weighted by Crippen LogP contribution is -2.08. The molecule has 0 bridgehead atoms. The van der Waals surface area contributed by atoms with E-state index in [1.54, 1.807) is 0 Å². The van der Waals surface area contributed by atoms with E-state index < -0.39 is 0 Å². The van der Waals surface area contributed by atoms with Gasteiger partial charge in [0.05, 0.1) is 0 Å². The van der Waals surface area contributed by atoms with Crippen molar-refractivity contribution < 1.29 is 4.79 Å². The summed E-state index contributed by atoms with van der Waals surface area (Å²) in [4.78, 5) is 15.0. The van der Waals surface area contributed by atoms with E-state index in [2.05, 4.69) is 71.0 Å². The van der Waals surface area contributed by atoms with Gasteiger partial charge in [-0.1, -0.05) is 24.3 Å². The van der Waals surface area contributed by atoms with Crippen LogP contribution in [0.25, 0.3) is 27.9 Å². The molecular formula is C26H24N2O. The summed E-state index contributed by atoms with van der Waals surface area (Å²) >= 11 is 0. The third-order valence-electron chi connectivity index (χ3n) is 5.98. The van der Waals surface area contributed by atoms with E-state index in [-0.39, 0.29) is 5.78 Å². The van der Waals surface area contributed by atoms with Crippen molar-refractivity contribution in [3.63, 3.8) is 0 Å². The molecule has 5 rings (SSSR count). The largest absolute Gasteiger partial charge is 0.378 e. The number of fused-ring (bicyclic) bond motifs is 4. The van der Waals surface area contributed by atoms with Crippen molar-refractivity contribution in [2.75, 3.05) is 19.0 Å². The van der Waals surface area contributed by atoms with Crippen molar-refractivity contribution in [1.82, 2.24) is 4.57 Å². The molecule has 0 atom stereocenters. The number of carbonyl (C=O) groups is 1. The molecule has 0 amide bonds. The number of ketones is 1. The van der Waals surface area contributed by atoms with Gasteiger partial charge in [-0.05, 0) is 60.5 Å². The first-order chi connectivity index (χ1) is 14.1. The van der Waals surface area contributed by atoms with Crippen LogP contribution < -0.4 is 4.90 Å². The minimum Gasteiger partial charge on any atom is -0.378 e. The second kappa shape index (κ2) is 6.63. The summed E-state index contributed by atoms with van der Waals surface area (Å²) in [5.41, 5.74) is 7.55. The summed E-state index contributed by atoms with van der Waals surface area (Å²) in [6.07, 6.45) is 2.76. The number of hydrogen-bond donors (Lipinski definition) is 0. The van der Waals surface area contributed by atoms with Gasteiger partial charge in [-0.2, -0.15) is 0 Å². The molecule has 4 aromatic rings. The first-order valence-electron chi connectivity index (χ1n) is 10.1. The molecular weight excluding hydrogens is 356 g/mol. The zero-order valence-corrected chi connectivity index (χ0v) is 17.1. The molecule has 144 valence electrons. The van der Waals surface area contributed by atoms with Crippen LogP contribution >= 0.6 is 0 Å². The number of nitrogens with zero attached hydrogens (tertiary/aromatic N) is 2. The molecule has 0 saturated heterocycles. The highest BCUT2D eigenvalue weighted by Gasteiger charge is 2.25. The highest BCUT2D eigenvalue weighted by Crippen LogP contribution is 2.33. The predicted octanol–water partition coefficient (Wildman–Crippen LogP) is 5.70. The Balaban J connectivity index is 1.59. The summed E-state index contributed by atoms with van der Waals surface area (Å²) < 4.78 is 2.35. The molecule has 3 nitrogen and oxygen atoms in total. The maximum absolute atomic E-state index is 12.9. The van der Waals surface area contributed by atoms with E-state index in [1.165, 1.54) is 21.8 Å². The lowest BCUT2D eigenvalue weighted by molar-refractivity contribution is 0.104. The van der Waals surface area contributed by atoms with Gasteiger partial charge in [-0.25, -0.2) is 0 Å². The quantitative estimate of drug-likeness (QED) is 0.426. The minimum absolute atomic E-state index is 0.154. The van der Waals surface area contributed by atoms with Crippen molar-refractivity contribution in [2.24, 2.45) is 0 Å². The Labute approximate surface area is 170 Å². The van der Waals surface area contributed by atoms with Crippen molar-refractivity contribution in [3.05, 3.63) is 82.9 Å². The smallest absolute Gasteiger partial charge is 0.189 e. The third kappa shape index (κ3) is 2.77. The second-order valence-electron chi connectivity index (χ2n) is 7.95. The monoisotopic (exact) mass is 380 g/mol. The van der Waals surface area contributed by atoms with Crippen LogP contribution in [0.15, 0.2) is 66.2 Å². The molecule has 3 aromatic carbocycles. The standard InChI is InChI=1S/C26H24N2O/c1-4-28-24-8-6-5-7-22(24)23-14-17(9-12-25(23)28)13-19-15-18-16-20(27(2)3)10-11-21(18)26(19)29/h5-14,16H,4,15H2,1-3H3. The Morgan fingerprint density at radius 2 is 1.76 bits per heavy atom. The minimum atomic E-state index is 0.154. The van der Waals surface area contributed by atoms with Crippen LogP contribution in [0.5, 0.6) is 0 Å². The number of hydrogen-bond acceptors (Lipinski definition) is 2. The highest BCUT2D eigenvalue weighted by atomic mass is 16.1. The van der Waals surface area contributed by atoms with Crippen LogP contribution in [0.2, 0.25) is 0 Å². The Morgan fingerprint density at radius 3 is 2.55 bits per heavy atom. The molecule has 0 saturated carbocycles. The van der Waals surface area contributed by atoms with Gasteiger partial charge in [-0.15, -0.1) is 0 Å². The number of para-hydroxylation sites is 1. The number of anilines is 1. The van der Waals surface area contributed by atoms with Gasteiger partial charge in [0.25, 0.3) is 0 Å². The Bertz CT molecular complexity index is 1310. The molecule has 0 unspecified atom stereocenters. The van der Waals surface area contributed by atoms with E-state index >= 15 is 0 Å². The first kappa shape index (κ1) is 17.7. The molecule has 0 N–H and O–H groups in total. The van der Waals surface area contributed by atoms with Crippen molar-refractivity contribution in [1.29, 1.82) is 0 Å². The predicted molar refractivity (Wildman–Crippen MR) is 122 cm³/mol. The number of aryl methyl sites for hydroxylation is 1. The van der Waals surface area contributed by atoms with E-state index in [9.17, 15) is 4.79 Å². The second-order valence-corrected chi connectivity index (χ2v) is 7.95. The fourth-order valence-corrected chi connectivity index (χ4v) is 4.50. The van der Waals surface area contributed by atoms with Gasteiger partial charge >= 0.3 is 0 Å². The van der Waals surface area contributed by atoms with Gasteiger partial charge in [0.15, 0.2) is 5.78 Å². The lowest BCUT2D eigenvalue weighted by atomic mass is 10.0. The Kier molecular flexibility index (Phi) is 4.06. The SMILES string of the molecule is CCn1c2ccccc2c2cc(C=C3Cc4cc(N(C)C)ccc4C3=O)ccc21. The third-order valence-corrected chi connectivity index (χ3v) is 5.98. The molecule has 0 aliphatic heterocycles. The van der Waals surface area contributed by atoms with Crippen molar-refractivity contribution in [3.8, 4) is 0 Å². The number of benzene rings is 3. The molecule has 1 aromatic heterocycles. The van der Waals surface area contributed by atoms with Crippen LogP contribution in [0.3, 0.4) is 0 Å². The fourth-order valence-electron chi connectivity index (χ4n) is 4.50. The summed E-state index contributed by atoms with van der Waals surface area (Å²) in [5, 5.41) is 2.51. The summed E-state index contributed by atoms with van der Waals surface area (Å²) in [7, 11) is 4.05. The number of aromatic nitrogens is 1. The molecule has 0 fully saturated rings. The van der Waals surface area contributed by atoms with E-state index in [0.29, 0.717) is 6.42 Å². The first-order valence-corrected chi connectivity index (χ1v) is 10.1. The van der Waals surface area contributed by atoms with Crippen LogP contribution in [-0.2, 0) is 13.0 Å². The maximum Gasteiger partial charge on any atom is 0.189 e. The number of allylic oxidation sites excluding steroid dienone is 1. The lowest BCUT2D eigenvalue weighted by Gasteiger charge is -2.13. The van der Waals surface area contributed by atoms with Crippen LogP contribution in [0, 0.1) is 0 Å². The van der Waals surface area contributed by atoms with E-state index in [0.717, 1.165) is 34.5 Å². The molecule has 0 radical (unpaired) electrons. The topological polar surface area (TPSA) is 25.2 Å². The van der Waals surface area contributed by atoms with Gasteiger partial charge < -0.3 is 9.47 Å². The summed E-state index contributed by atoms with van der Waals surface area (Å²) in [6.45, 7) is 3.12. The highest BCUT2D eigenvalue weighted by molar-refractivity contribution is 6.16. The average molecular weight is 380 g/mol. The van der Waals surface area contributed by atoms with E-state index in [1.807, 2.05) is 26.2 Å². The average Bonchev–Trinajstić information content (AvgIpc) is 3.22. The molecule has 1 aliphatic carbocycles. The van der Waals surface area contributed by atoms with Gasteiger partial charge in [0, 0.05) is 65.7 Å². The summed E-state index contributed by atoms with van der Waals surface area (Å²) in [6, 6.07) is 21.2. The Hall–Kier alpha value is -3.33. The van der Waals surface area contributed by atoms with Gasteiger partial charge in [-0.3, -0.25) is 4.79 Å². The number of carbonyl (C=O) groups excluding carboxylic acids is 1. The zero-order valence-electron chi connectivity index (χ0n) is 17.1. The normalized spacial score (nSPS) is 14.9. The molecule has 0 spiro atoms. The number of Topliss-reactive ketones (excluding diaryl/α,β-unsaturated/α-hetero) is 1. The molecule has 1 heterocycles. The molecule has 3 heteroatoms. The van der Waals surface area contributed by atoms with Crippen molar-refractivity contribution >= 4 is 39.4 Å². The maximum atomic E-state index is 12.9. The van der Waals surface area contributed by atoms with E-state index in [4.69, 9.17) is 0 Å².